The fraction of sp³-hybridized carbons (Fsp3) is 0.297. The number of carbonyl (C=O) groups excluding carboxylic acids is 2. The maximum atomic E-state index is 14.4. The number of rotatable bonds is 9. The van der Waals surface area contributed by atoms with Gasteiger partial charge in [-0.05, 0) is 41.5 Å². The van der Waals surface area contributed by atoms with E-state index in [9.17, 15) is 9.59 Å². The topological polar surface area (TPSA) is 52.7 Å². The molecular formula is C37H39N3O2. The number of nitrogens with zero attached hydrogens (tertiary/aromatic N) is 2. The minimum atomic E-state index is -0.852. The van der Waals surface area contributed by atoms with E-state index in [2.05, 4.69) is 83.0 Å². The number of likely N-dealkylation sites (tertiary alicyclic amines) is 1. The van der Waals surface area contributed by atoms with E-state index >= 15 is 0 Å². The van der Waals surface area contributed by atoms with Gasteiger partial charge in [-0.15, -0.1) is 0 Å². The highest BCUT2D eigenvalue weighted by atomic mass is 16.2. The third kappa shape index (κ3) is 6.02. The Balaban J connectivity index is 1.29. The molecule has 2 fully saturated rings. The van der Waals surface area contributed by atoms with Gasteiger partial charge in [0.2, 0.25) is 11.8 Å². The van der Waals surface area contributed by atoms with E-state index in [4.69, 9.17) is 0 Å². The summed E-state index contributed by atoms with van der Waals surface area (Å²) in [6.07, 6.45) is 2.73. The number of piperazine rings is 1. The van der Waals surface area contributed by atoms with Crippen molar-refractivity contribution in [2.24, 2.45) is 0 Å². The molecule has 2 amide bonds. The van der Waals surface area contributed by atoms with Crippen LogP contribution in [0.5, 0.6) is 0 Å². The van der Waals surface area contributed by atoms with E-state index in [1.54, 1.807) is 0 Å². The molecule has 2 aliphatic rings. The summed E-state index contributed by atoms with van der Waals surface area (Å²) in [5.41, 5.74) is 3.82. The van der Waals surface area contributed by atoms with Gasteiger partial charge < -0.3 is 15.1 Å². The Morgan fingerprint density at radius 1 is 0.690 bits per heavy atom. The lowest BCUT2D eigenvalue weighted by Crippen LogP contribution is -2.73. The van der Waals surface area contributed by atoms with Crippen LogP contribution in [0.15, 0.2) is 121 Å². The molecule has 214 valence electrons. The van der Waals surface area contributed by atoms with E-state index < -0.39 is 11.6 Å². The van der Waals surface area contributed by atoms with Gasteiger partial charge in [-0.25, -0.2) is 0 Å². The normalized spacial score (nSPS) is 18.8. The van der Waals surface area contributed by atoms with Gasteiger partial charge in [0.05, 0.1) is 0 Å². The van der Waals surface area contributed by atoms with Crippen molar-refractivity contribution in [3.05, 3.63) is 144 Å². The summed E-state index contributed by atoms with van der Waals surface area (Å²) in [4.78, 5) is 33.0. The average molecular weight is 558 g/mol. The largest absolute Gasteiger partial charge is 0.342 e. The lowest BCUT2D eigenvalue weighted by atomic mass is 9.79. The van der Waals surface area contributed by atoms with Crippen molar-refractivity contribution in [1.82, 2.24) is 15.1 Å². The fourth-order valence-electron chi connectivity index (χ4n) is 6.66. The third-order valence-corrected chi connectivity index (χ3v) is 9.10. The highest BCUT2D eigenvalue weighted by Gasteiger charge is 2.54. The molecule has 0 radical (unpaired) electrons. The number of hydrogen-bond donors (Lipinski definition) is 1. The number of piperidine rings is 1. The molecule has 0 aromatic heterocycles. The zero-order valence-electron chi connectivity index (χ0n) is 24.1. The van der Waals surface area contributed by atoms with Gasteiger partial charge in [-0.3, -0.25) is 9.59 Å². The lowest BCUT2D eigenvalue weighted by molar-refractivity contribution is -0.161. The molecule has 2 heterocycles. The maximum absolute atomic E-state index is 14.4. The van der Waals surface area contributed by atoms with Crippen LogP contribution in [0, 0.1) is 0 Å². The van der Waals surface area contributed by atoms with Crippen molar-refractivity contribution in [3.8, 4) is 0 Å². The van der Waals surface area contributed by atoms with Crippen LogP contribution in [-0.2, 0) is 22.4 Å². The Bertz CT molecular complexity index is 1410. The van der Waals surface area contributed by atoms with Gasteiger partial charge in [0.25, 0.3) is 0 Å². The summed E-state index contributed by atoms with van der Waals surface area (Å²) >= 11 is 0. The molecule has 42 heavy (non-hydrogen) atoms. The maximum Gasteiger partial charge on any atom is 0.246 e. The Kier molecular flexibility index (Phi) is 8.47. The third-order valence-electron chi connectivity index (χ3n) is 9.10. The summed E-state index contributed by atoms with van der Waals surface area (Å²) in [6.45, 7) is 2.99. The van der Waals surface area contributed by atoms with Gasteiger partial charge in [0, 0.05) is 38.5 Å². The van der Waals surface area contributed by atoms with Crippen molar-refractivity contribution in [3.63, 3.8) is 0 Å². The van der Waals surface area contributed by atoms with Gasteiger partial charge in [-0.1, -0.05) is 121 Å². The van der Waals surface area contributed by atoms with Crippen LogP contribution in [0.3, 0.4) is 0 Å². The molecule has 2 saturated heterocycles. The van der Waals surface area contributed by atoms with E-state index in [1.807, 2.05) is 53.4 Å². The monoisotopic (exact) mass is 557 g/mol. The van der Waals surface area contributed by atoms with E-state index in [-0.39, 0.29) is 17.7 Å². The number of hydrogen-bond acceptors (Lipinski definition) is 3. The molecule has 5 heteroatoms. The second-order valence-electron chi connectivity index (χ2n) is 11.6. The molecule has 1 unspecified atom stereocenters. The summed E-state index contributed by atoms with van der Waals surface area (Å²) in [5, 5.41) is 3.18. The second kappa shape index (κ2) is 12.7. The average Bonchev–Trinajstić information content (AvgIpc) is 3.05. The minimum absolute atomic E-state index is 0.00869. The summed E-state index contributed by atoms with van der Waals surface area (Å²) in [5.74, 6) is -0.0220. The predicted molar refractivity (Wildman–Crippen MR) is 167 cm³/mol. The zero-order chi connectivity index (χ0) is 28.8. The van der Waals surface area contributed by atoms with E-state index in [1.165, 1.54) is 5.56 Å². The van der Waals surface area contributed by atoms with Crippen LogP contribution < -0.4 is 5.32 Å². The van der Waals surface area contributed by atoms with Gasteiger partial charge in [0.15, 0.2) is 0 Å². The Morgan fingerprint density at radius 2 is 1.19 bits per heavy atom. The molecule has 1 N–H and O–H groups in total. The van der Waals surface area contributed by atoms with Crippen LogP contribution in [0.2, 0.25) is 0 Å². The van der Waals surface area contributed by atoms with Crippen molar-refractivity contribution >= 4 is 11.8 Å². The van der Waals surface area contributed by atoms with Crippen molar-refractivity contribution in [2.75, 3.05) is 26.2 Å². The second-order valence-corrected chi connectivity index (χ2v) is 11.6. The molecule has 1 atom stereocenters. The minimum Gasteiger partial charge on any atom is -0.342 e. The van der Waals surface area contributed by atoms with Crippen LogP contribution in [0.4, 0.5) is 0 Å². The van der Waals surface area contributed by atoms with Gasteiger partial charge >= 0.3 is 0 Å². The number of carbonyl (C=O) groups is 2. The van der Waals surface area contributed by atoms with Crippen LogP contribution >= 0.6 is 0 Å². The molecule has 2 aliphatic heterocycles. The number of amides is 2. The molecular weight excluding hydrogens is 518 g/mol. The Hall–Kier alpha value is -4.22. The summed E-state index contributed by atoms with van der Waals surface area (Å²) in [6, 6.07) is 40.7. The van der Waals surface area contributed by atoms with Crippen LogP contribution in [0.25, 0.3) is 0 Å². The number of nitrogens with one attached hydrogen (secondary N) is 1. The lowest BCUT2D eigenvalue weighted by Gasteiger charge is -2.52. The van der Waals surface area contributed by atoms with E-state index in [0.717, 1.165) is 42.7 Å². The highest BCUT2D eigenvalue weighted by Crippen LogP contribution is 2.37. The van der Waals surface area contributed by atoms with Crippen LogP contribution in [-0.4, -0.2) is 59.4 Å². The fourth-order valence-corrected chi connectivity index (χ4v) is 6.66. The standard InChI is InChI=1S/C37H39N3O2/c41-35-34(27-30-15-7-2-8-16-30)38-36(42)37(22-25-39(26-23-37)24-21-29-13-5-1-6-14-29)40(35)28-33(31-17-9-3-10-18-31)32-19-11-4-12-20-32/h1-20,33-34H,21-28H2,(H,38,42). The van der Waals surface area contributed by atoms with Crippen molar-refractivity contribution < 1.29 is 9.59 Å². The summed E-state index contributed by atoms with van der Waals surface area (Å²) < 4.78 is 0. The first kappa shape index (κ1) is 27.9. The first-order valence-corrected chi connectivity index (χ1v) is 15.1. The van der Waals surface area contributed by atoms with Crippen LogP contribution in [0.1, 0.15) is 41.0 Å². The smallest absolute Gasteiger partial charge is 0.246 e. The molecule has 0 aliphatic carbocycles. The molecule has 6 rings (SSSR count). The molecule has 0 saturated carbocycles. The highest BCUT2D eigenvalue weighted by molar-refractivity contribution is 6.00. The molecule has 4 aromatic carbocycles. The van der Waals surface area contributed by atoms with E-state index in [0.29, 0.717) is 25.8 Å². The van der Waals surface area contributed by atoms with Gasteiger partial charge in [-0.2, -0.15) is 0 Å². The zero-order valence-corrected chi connectivity index (χ0v) is 24.1. The SMILES string of the molecule is O=C1C(Cc2ccccc2)NC(=O)C2(CCN(CCc3ccccc3)CC2)N1CC(c1ccccc1)c1ccccc1. The van der Waals surface area contributed by atoms with Crippen molar-refractivity contribution in [2.45, 2.75) is 43.2 Å². The van der Waals surface area contributed by atoms with Crippen molar-refractivity contribution in [1.29, 1.82) is 0 Å². The quantitative estimate of drug-likeness (QED) is 0.297. The predicted octanol–water partition coefficient (Wildman–Crippen LogP) is 5.47. The number of benzene rings is 4. The first-order valence-electron chi connectivity index (χ1n) is 15.1. The molecule has 0 bridgehead atoms. The Labute approximate surface area is 249 Å². The summed E-state index contributed by atoms with van der Waals surface area (Å²) in [7, 11) is 0. The molecule has 5 nitrogen and oxygen atoms in total. The molecule has 1 spiro atoms. The Morgan fingerprint density at radius 3 is 1.74 bits per heavy atom. The molecule has 4 aromatic rings. The first-order chi connectivity index (χ1) is 20.6. The van der Waals surface area contributed by atoms with Gasteiger partial charge in [0.1, 0.15) is 11.6 Å².